The van der Waals surface area contributed by atoms with Crippen LogP contribution in [0.3, 0.4) is 0 Å². The van der Waals surface area contributed by atoms with Crippen LogP contribution in [0.25, 0.3) is 0 Å². The van der Waals surface area contributed by atoms with Crippen molar-refractivity contribution in [3.63, 3.8) is 0 Å². The van der Waals surface area contributed by atoms with Gasteiger partial charge in [0, 0.05) is 6.54 Å². The van der Waals surface area contributed by atoms with Crippen LogP contribution in [-0.4, -0.2) is 62.4 Å². The molecule has 11 nitrogen and oxygen atoms in total. The van der Waals surface area contributed by atoms with Gasteiger partial charge >= 0.3 is 12.1 Å². The Hall–Kier alpha value is -2.81. The Labute approximate surface area is 210 Å². The zero-order chi connectivity index (χ0) is 25.8. The summed E-state index contributed by atoms with van der Waals surface area (Å²) < 4.78 is 37.1. The molecule has 0 spiro atoms. The largest absolute Gasteiger partial charge is 0.462 e. The Morgan fingerprint density at radius 1 is 1.17 bits per heavy atom. The third-order valence-electron chi connectivity index (χ3n) is 5.13. The van der Waals surface area contributed by atoms with E-state index in [1.807, 2.05) is 0 Å². The van der Waals surface area contributed by atoms with Crippen LogP contribution in [0.15, 0.2) is 21.7 Å². The third kappa shape index (κ3) is 5.72. The number of nitrogens with one attached hydrogen (secondary N) is 2. The first-order valence-corrected chi connectivity index (χ1v) is 13.9. The number of esters is 1. The van der Waals surface area contributed by atoms with Crippen molar-refractivity contribution < 1.29 is 37.1 Å². The first-order valence-electron chi connectivity index (χ1n) is 10.8. The summed E-state index contributed by atoms with van der Waals surface area (Å²) in [7, 11) is -3.87. The molecule has 35 heavy (non-hydrogen) atoms. The predicted molar refractivity (Wildman–Crippen MR) is 129 cm³/mol. The summed E-state index contributed by atoms with van der Waals surface area (Å²) in [5.41, 5.74) is 0.102. The molecule has 0 radical (unpaired) electrons. The lowest BCUT2D eigenvalue weighted by Crippen LogP contribution is -2.43. The van der Waals surface area contributed by atoms with E-state index in [1.54, 1.807) is 25.3 Å². The molecule has 190 valence electrons. The minimum atomic E-state index is -3.87. The molecule has 3 heterocycles. The summed E-state index contributed by atoms with van der Waals surface area (Å²) in [5.74, 6) is -2.22. The number of thiophene rings is 2. The molecule has 2 N–H and O–H groups in total. The number of carbonyl (C=O) groups excluding carboxylic acids is 4. The van der Waals surface area contributed by atoms with Crippen molar-refractivity contribution in [3.8, 4) is 0 Å². The maximum absolute atomic E-state index is 13.2. The van der Waals surface area contributed by atoms with Crippen molar-refractivity contribution >= 4 is 61.6 Å². The standard InChI is InChI=1S/C21H25N3O8S3/c1-4-31-20(27)16-12(3)15(18(26)23-21(28)32-5-2)19(34-16)22-17(25)13-8-6-10-24(13)35(29,30)14-9-7-11-33-14/h7,9,11,13H,4-6,8,10H2,1-3H3,(H,22,25)(H,23,26,28). The number of carbonyl (C=O) groups is 4. The summed E-state index contributed by atoms with van der Waals surface area (Å²) in [6.45, 7) is 4.99. The fraction of sp³-hybridized carbons (Fsp3) is 0.429. The lowest BCUT2D eigenvalue weighted by Gasteiger charge is -2.22. The summed E-state index contributed by atoms with van der Waals surface area (Å²) in [6.07, 6.45) is -0.214. The van der Waals surface area contributed by atoms with Gasteiger partial charge in [-0.1, -0.05) is 6.07 Å². The second kappa shape index (κ2) is 11.3. The highest BCUT2D eigenvalue weighted by atomic mass is 32.2. The van der Waals surface area contributed by atoms with Crippen LogP contribution in [-0.2, 0) is 24.3 Å². The Kier molecular flexibility index (Phi) is 8.64. The van der Waals surface area contributed by atoms with Gasteiger partial charge in [0.15, 0.2) is 0 Å². The summed E-state index contributed by atoms with van der Waals surface area (Å²) in [4.78, 5) is 50.3. The number of nitrogens with zero attached hydrogens (tertiary/aromatic N) is 1. The van der Waals surface area contributed by atoms with E-state index in [1.165, 1.54) is 13.0 Å². The van der Waals surface area contributed by atoms with E-state index in [-0.39, 0.29) is 51.4 Å². The molecule has 0 aromatic carbocycles. The van der Waals surface area contributed by atoms with Gasteiger partial charge in [-0.15, -0.1) is 22.7 Å². The number of imide groups is 1. The highest BCUT2D eigenvalue weighted by Crippen LogP contribution is 2.35. The maximum Gasteiger partial charge on any atom is 0.414 e. The molecule has 1 aliphatic heterocycles. The van der Waals surface area contributed by atoms with Gasteiger partial charge in [-0.3, -0.25) is 14.9 Å². The van der Waals surface area contributed by atoms with Crippen molar-refractivity contribution in [2.45, 2.75) is 43.9 Å². The average Bonchev–Trinajstić information content (AvgIpc) is 3.54. The Bertz CT molecular complexity index is 1220. The average molecular weight is 544 g/mol. The van der Waals surface area contributed by atoms with Gasteiger partial charge in [0.2, 0.25) is 5.91 Å². The van der Waals surface area contributed by atoms with Crippen LogP contribution < -0.4 is 10.6 Å². The van der Waals surface area contributed by atoms with Gasteiger partial charge in [-0.05, 0) is 50.6 Å². The van der Waals surface area contributed by atoms with Gasteiger partial charge in [0.25, 0.3) is 15.9 Å². The normalized spacial score (nSPS) is 16.0. The molecule has 0 saturated carbocycles. The maximum atomic E-state index is 13.2. The molecule has 1 atom stereocenters. The molecular weight excluding hydrogens is 518 g/mol. The molecule has 14 heteroatoms. The molecule has 0 aliphatic carbocycles. The Morgan fingerprint density at radius 3 is 2.51 bits per heavy atom. The minimum Gasteiger partial charge on any atom is -0.462 e. The highest BCUT2D eigenvalue weighted by Gasteiger charge is 2.40. The molecule has 1 saturated heterocycles. The molecular formula is C21H25N3O8S3. The number of rotatable bonds is 8. The lowest BCUT2D eigenvalue weighted by atomic mass is 10.1. The van der Waals surface area contributed by atoms with Crippen LogP contribution in [0.4, 0.5) is 9.80 Å². The van der Waals surface area contributed by atoms with E-state index >= 15 is 0 Å². The van der Waals surface area contributed by atoms with Gasteiger partial charge in [-0.25, -0.2) is 18.0 Å². The number of hydrogen-bond donors (Lipinski definition) is 2. The van der Waals surface area contributed by atoms with Gasteiger partial charge in [-0.2, -0.15) is 4.31 Å². The minimum absolute atomic E-state index is 0.00211. The molecule has 2 aromatic rings. The third-order valence-corrected chi connectivity index (χ3v) is 9.60. The fourth-order valence-corrected chi connectivity index (χ4v) is 7.48. The second-order valence-electron chi connectivity index (χ2n) is 7.35. The predicted octanol–water partition coefficient (Wildman–Crippen LogP) is 2.97. The van der Waals surface area contributed by atoms with Crippen molar-refractivity contribution in [1.82, 2.24) is 9.62 Å². The number of amides is 3. The first kappa shape index (κ1) is 26.8. The molecule has 0 bridgehead atoms. The number of alkyl carbamates (subject to hydrolysis) is 1. The molecule has 3 amide bonds. The topological polar surface area (TPSA) is 148 Å². The van der Waals surface area contributed by atoms with E-state index in [0.717, 1.165) is 27.0 Å². The van der Waals surface area contributed by atoms with E-state index < -0.39 is 39.9 Å². The Morgan fingerprint density at radius 2 is 1.89 bits per heavy atom. The van der Waals surface area contributed by atoms with Crippen molar-refractivity contribution in [1.29, 1.82) is 0 Å². The van der Waals surface area contributed by atoms with E-state index in [4.69, 9.17) is 9.47 Å². The molecule has 3 rings (SSSR count). The van der Waals surface area contributed by atoms with Gasteiger partial charge in [0.1, 0.15) is 20.1 Å². The van der Waals surface area contributed by atoms with E-state index in [0.29, 0.717) is 6.42 Å². The zero-order valence-electron chi connectivity index (χ0n) is 19.3. The van der Waals surface area contributed by atoms with Crippen LogP contribution in [0.1, 0.15) is 52.3 Å². The summed E-state index contributed by atoms with van der Waals surface area (Å²) >= 11 is 1.87. The first-order chi connectivity index (χ1) is 16.6. The van der Waals surface area contributed by atoms with Crippen LogP contribution in [0, 0.1) is 6.92 Å². The number of ether oxygens (including phenoxy) is 2. The van der Waals surface area contributed by atoms with Crippen molar-refractivity contribution in [2.75, 3.05) is 25.1 Å². The Balaban J connectivity index is 1.92. The lowest BCUT2D eigenvalue weighted by molar-refractivity contribution is -0.119. The smallest absolute Gasteiger partial charge is 0.414 e. The highest BCUT2D eigenvalue weighted by molar-refractivity contribution is 7.91. The van der Waals surface area contributed by atoms with E-state index in [9.17, 15) is 27.6 Å². The molecule has 1 unspecified atom stereocenters. The monoisotopic (exact) mass is 543 g/mol. The molecule has 1 fully saturated rings. The molecule has 2 aromatic heterocycles. The van der Waals surface area contributed by atoms with Gasteiger partial charge in [0.05, 0.1) is 18.8 Å². The van der Waals surface area contributed by atoms with Crippen LogP contribution >= 0.6 is 22.7 Å². The second-order valence-corrected chi connectivity index (χ2v) is 11.4. The van der Waals surface area contributed by atoms with Crippen LogP contribution in [0.2, 0.25) is 0 Å². The fourth-order valence-electron chi connectivity index (χ4n) is 3.60. The summed E-state index contributed by atoms with van der Waals surface area (Å²) in [5, 5.41) is 6.29. The zero-order valence-corrected chi connectivity index (χ0v) is 21.7. The quantitative estimate of drug-likeness (QED) is 0.483. The number of hydrogen-bond acceptors (Lipinski definition) is 10. The summed E-state index contributed by atoms with van der Waals surface area (Å²) in [6, 6.07) is 2.08. The van der Waals surface area contributed by atoms with Crippen molar-refractivity contribution in [3.05, 3.63) is 33.5 Å². The number of sulfonamides is 1. The van der Waals surface area contributed by atoms with E-state index in [2.05, 4.69) is 10.6 Å². The van der Waals surface area contributed by atoms with Gasteiger partial charge < -0.3 is 14.8 Å². The number of anilines is 1. The molecule has 1 aliphatic rings. The van der Waals surface area contributed by atoms with Crippen LogP contribution in [0.5, 0.6) is 0 Å². The SMILES string of the molecule is CCOC(=O)NC(=O)c1c(NC(=O)C2CCCN2S(=O)(=O)c2cccs2)sc(C(=O)OCC)c1C. The van der Waals surface area contributed by atoms with Crippen molar-refractivity contribution in [2.24, 2.45) is 0 Å².